The van der Waals surface area contributed by atoms with Crippen molar-refractivity contribution < 1.29 is 13.5 Å². The zero-order chi connectivity index (χ0) is 22.9. The number of aromatic nitrogens is 5. The highest BCUT2D eigenvalue weighted by Crippen LogP contribution is 2.44. The van der Waals surface area contributed by atoms with Crippen LogP contribution in [0.4, 0.5) is 14.6 Å². The Bertz CT molecular complexity index is 1130. The van der Waals surface area contributed by atoms with Gasteiger partial charge in [-0.15, -0.1) is 0 Å². The second kappa shape index (κ2) is 9.21. The summed E-state index contributed by atoms with van der Waals surface area (Å²) in [6.07, 6.45) is 4.60. The Morgan fingerprint density at radius 3 is 2.70 bits per heavy atom. The van der Waals surface area contributed by atoms with Gasteiger partial charge in [-0.2, -0.15) is 10.1 Å². The van der Waals surface area contributed by atoms with Crippen molar-refractivity contribution >= 4 is 17.4 Å². The van der Waals surface area contributed by atoms with Gasteiger partial charge in [-0.3, -0.25) is 0 Å². The molecule has 1 saturated heterocycles. The van der Waals surface area contributed by atoms with E-state index in [0.29, 0.717) is 30.0 Å². The van der Waals surface area contributed by atoms with Gasteiger partial charge in [-0.05, 0) is 49.7 Å². The Kier molecular flexibility index (Phi) is 6.14. The van der Waals surface area contributed by atoms with Gasteiger partial charge in [0.1, 0.15) is 18.8 Å². The fourth-order valence-corrected chi connectivity index (χ4v) is 5.27. The number of anilines is 1. The van der Waals surface area contributed by atoms with Crippen LogP contribution in [0.15, 0.2) is 30.6 Å². The predicted octanol–water partition coefficient (Wildman–Crippen LogP) is 4.64. The largest absolute Gasteiger partial charge is 0.421 e. The van der Waals surface area contributed by atoms with Crippen molar-refractivity contribution in [2.75, 3.05) is 24.7 Å². The summed E-state index contributed by atoms with van der Waals surface area (Å²) in [5.74, 6) is 2.26. The third kappa shape index (κ3) is 4.51. The van der Waals surface area contributed by atoms with Crippen LogP contribution in [0.2, 0.25) is 5.02 Å². The van der Waals surface area contributed by atoms with Gasteiger partial charge in [-0.1, -0.05) is 17.7 Å². The minimum Gasteiger partial charge on any atom is -0.421 e. The lowest BCUT2D eigenvalue weighted by molar-refractivity contribution is 0.264. The molecular weight excluding hydrogens is 450 g/mol. The van der Waals surface area contributed by atoms with Gasteiger partial charge < -0.3 is 9.64 Å². The molecule has 0 N–H and O–H groups in total. The maximum atomic E-state index is 14.3. The van der Waals surface area contributed by atoms with Crippen LogP contribution in [0.1, 0.15) is 24.4 Å². The zero-order valence-electron chi connectivity index (χ0n) is 18.3. The molecule has 3 aromatic rings. The van der Waals surface area contributed by atoms with Crippen LogP contribution < -0.4 is 9.64 Å². The first kappa shape index (κ1) is 22.0. The molecule has 2 bridgehead atoms. The Morgan fingerprint density at radius 2 is 1.97 bits per heavy atom. The van der Waals surface area contributed by atoms with Gasteiger partial charge in [0.25, 0.3) is 0 Å². The van der Waals surface area contributed by atoms with E-state index in [1.54, 1.807) is 12.4 Å². The highest BCUT2D eigenvalue weighted by molar-refractivity contribution is 6.30. The molecule has 3 heterocycles. The average molecular weight is 475 g/mol. The molecule has 2 atom stereocenters. The zero-order valence-corrected chi connectivity index (χ0v) is 19.0. The molecule has 2 aliphatic rings. The van der Waals surface area contributed by atoms with E-state index < -0.39 is 12.5 Å². The van der Waals surface area contributed by atoms with Crippen LogP contribution in [0.25, 0.3) is 0 Å². The summed E-state index contributed by atoms with van der Waals surface area (Å²) in [4.78, 5) is 15.5. The van der Waals surface area contributed by atoms with Gasteiger partial charge in [0.05, 0.1) is 11.6 Å². The lowest BCUT2D eigenvalue weighted by Gasteiger charge is -2.38. The molecule has 0 spiro atoms. The Balaban J connectivity index is 1.32. The van der Waals surface area contributed by atoms with Crippen molar-refractivity contribution in [3.05, 3.63) is 53.0 Å². The second-order valence-corrected chi connectivity index (χ2v) is 9.17. The average Bonchev–Trinajstić information content (AvgIpc) is 3.26. The molecule has 2 aromatic heterocycles. The molecule has 5 rings (SSSR count). The first-order valence-electron chi connectivity index (χ1n) is 11.2. The van der Waals surface area contributed by atoms with Gasteiger partial charge in [-0.25, -0.2) is 23.4 Å². The van der Waals surface area contributed by atoms with E-state index in [4.69, 9.17) is 16.3 Å². The Labute approximate surface area is 195 Å². The number of rotatable bonds is 7. The molecule has 0 radical (unpaired) electrons. The van der Waals surface area contributed by atoms with Crippen LogP contribution in [0, 0.1) is 30.5 Å². The molecule has 10 heteroatoms. The van der Waals surface area contributed by atoms with Crippen LogP contribution in [-0.4, -0.2) is 44.5 Å². The number of alkyl halides is 1. The summed E-state index contributed by atoms with van der Waals surface area (Å²) in [5, 5.41) is 4.43. The van der Waals surface area contributed by atoms with Crippen molar-refractivity contribution in [3.8, 4) is 11.8 Å². The van der Waals surface area contributed by atoms with E-state index in [1.165, 1.54) is 16.8 Å². The van der Waals surface area contributed by atoms with Crippen molar-refractivity contribution in [1.82, 2.24) is 24.7 Å². The maximum absolute atomic E-state index is 14.3. The Morgan fingerprint density at radius 1 is 1.18 bits per heavy atom. The summed E-state index contributed by atoms with van der Waals surface area (Å²) in [6.45, 7) is 3.20. The van der Waals surface area contributed by atoms with Gasteiger partial charge >= 0.3 is 6.01 Å². The highest BCUT2D eigenvalue weighted by Gasteiger charge is 2.42. The molecule has 174 valence electrons. The number of hydrogen-bond donors (Lipinski definition) is 0. The summed E-state index contributed by atoms with van der Waals surface area (Å²) >= 11 is 5.85. The fourth-order valence-electron chi connectivity index (χ4n) is 5.10. The lowest BCUT2D eigenvalue weighted by Crippen LogP contribution is -2.43. The number of hydrogen-bond acceptors (Lipinski definition) is 6. The third-order valence-electron chi connectivity index (χ3n) is 6.66. The number of aryl methyl sites for hydroxylation is 2. The van der Waals surface area contributed by atoms with E-state index >= 15 is 0 Å². The standard InChI is InChI=1S/C23H25ClF2N6O/c1-14-9-21(28-13-27-14)31-11-15-5-6-16(12-31)17(15)10-20-29-23(32(30-20)8-7-25)33-19-4-2-3-18(24)22(19)26/h2-4,9,13,15-17H,5-8,10-12H2,1H3. The van der Waals surface area contributed by atoms with Crippen LogP contribution >= 0.6 is 11.6 Å². The summed E-state index contributed by atoms with van der Waals surface area (Å²) < 4.78 is 34.4. The first-order valence-corrected chi connectivity index (χ1v) is 11.5. The van der Waals surface area contributed by atoms with E-state index in [-0.39, 0.29) is 23.3 Å². The molecule has 1 aliphatic heterocycles. The van der Waals surface area contributed by atoms with Crippen LogP contribution in [-0.2, 0) is 13.0 Å². The number of nitrogens with zero attached hydrogens (tertiary/aromatic N) is 6. The van der Waals surface area contributed by atoms with Crippen molar-refractivity contribution in [3.63, 3.8) is 0 Å². The molecule has 1 saturated carbocycles. The van der Waals surface area contributed by atoms with E-state index in [9.17, 15) is 8.78 Å². The molecule has 2 unspecified atom stereocenters. The maximum Gasteiger partial charge on any atom is 0.320 e. The monoisotopic (exact) mass is 474 g/mol. The minimum absolute atomic E-state index is 0.0110. The first-order chi connectivity index (χ1) is 16.0. The van der Waals surface area contributed by atoms with Crippen LogP contribution in [0.5, 0.6) is 11.8 Å². The smallest absolute Gasteiger partial charge is 0.320 e. The number of fused-ring (bicyclic) bond motifs is 2. The molecule has 2 fully saturated rings. The van der Waals surface area contributed by atoms with E-state index in [1.807, 2.05) is 13.0 Å². The van der Waals surface area contributed by atoms with Crippen molar-refractivity contribution in [2.24, 2.45) is 17.8 Å². The molecule has 1 aliphatic carbocycles. The molecule has 1 aromatic carbocycles. The van der Waals surface area contributed by atoms with Crippen LogP contribution in [0.3, 0.4) is 0 Å². The van der Waals surface area contributed by atoms with E-state index in [0.717, 1.165) is 37.4 Å². The van der Waals surface area contributed by atoms with Gasteiger partial charge in [0, 0.05) is 31.3 Å². The Hall–Kier alpha value is -2.81. The SMILES string of the molecule is Cc1cc(N2CC3CCC(C2)C3Cc2nc(Oc3cccc(Cl)c3F)n(CCF)n2)ncn1. The molecular formula is C23H25ClF2N6O. The van der Waals surface area contributed by atoms with E-state index in [2.05, 4.69) is 25.0 Å². The predicted molar refractivity (Wildman–Crippen MR) is 120 cm³/mol. The summed E-state index contributed by atoms with van der Waals surface area (Å²) in [6, 6.07) is 6.58. The summed E-state index contributed by atoms with van der Waals surface area (Å²) in [5.41, 5.74) is 0.959. The normalized spacial score (nSPS) is 22.1. The van der Waals surface area contributed by atoms with Crippen molar-refractivity contribution in [2.45, 2.75) is 32.7 Å². The second-order valence-electron chi connectivity index (χ2n) is 8.76. The van der Waals surface area contributed by atoms with Gasteiger partial charge in [0.2, 0.25) is 0 Å². The minimum atomic E-state index is -0.680. The molecule has 33 heavy (non-hydrogen) atoms. The topological polar surface area (TPSA) is 69.0 Å². The fraction of sp³-hybridized carbons (Fsp3) is 0.478. The number of halogens is 3. The number of piperidine rings is 1. The highest BCUT2D eigenvalue weighted by atomic mass is 35.5. The van der Waals surface area contributed by atoms with Gasteiger partial charge in [0.15, 0.2) is 17.4 Å². The quantitative estimate of drug-likeness (QED) is 0.497. The lowest BCUT2D eigenvalue weighted by atomic mass is 9.82. The number of benzene rings is 1. The molecule has 7 nitrogen and oxygen atoms in total. The third-order valence-corrected chi connectivity index (χ3v) is 6.95. The molecule has 0 amide bonds. The summed E-state index contributed by atoms with van der Waals surface area (Å²) in [7, 11) is 0. The number of ether oxygens (including phenoxy) is 1. The van der Waals surface area contributed by atoms with Crippen molar-refractivity contribution in [1.29, 1.82) is 0 Å².